The lowest BCUT2D eigenvalue weighted by atomic mass is 10.2. The van der Waals surface area contributed by atoms with Gasteiger partial charge in [0.1, 0.15) is 0 Å². The van der Waals surface area contributed by atoms with Crippen molar-refractivity contribution in [1.29, 1.82) is 0 Å². The second-order valence-corrected chi connectivity index (χ2v) is 3.64. The average Bonchev–Trinajstić information content (AvgIpc) is 2.59. The number of aromatic nitrogens is 2. The van der Waals surface area contributed by atoms with Gasteiger partial charge in [0.15, 0.2) is 0 Å². The van der Waals surface area contributed by atoms with Gasteiger partial charge in [0.25, 0.3) is 5.56 Å². The van der Waals surface area contributed by atoms with Crippen molar-refractivity contribution in [2.24, 2.45) is 0 Å². The first-order valence-corrected chi connectivity index (χ1v) is 5.08. The third kappa shape index (κ3) is 1.86. The van der Waals surface area contributed by atoms with Crippen molar-refractivity contribution in [2.75, 3.05) is 0 Å². The largest absolute Gasteiger partial charge is 0.268 e. The molecule has 15 heavy (non-hydrogen) atoms. The van der Waals surface area contributed by atoms with Crippen LogP contribution in [0.25, 0.3) is 5.69 Å². The maximum atomic E-state index is 11.3. The first kappa shape index (κ1) is 9.77. The molecule has 0 aliphatic carbocycles. The highest BCUT2D eigenvalue weighted by atomic mass is 16.1. The second kappa shape index (κ2) is 3.77. The van der Waals surface area contributed by atoms with Gasteiger partial charge in [-0.05, 0) is 31.0 Å². The predicted octanol–water partition coefficient (Wildman–Crippen LogP) is 2.04. The van der Waals surface area contributed by atoms with E-state index in [2.05, 4.69) is 11.2 Å². The Morgan fingerprint density at radius 3 is 2.80 bits per heavy atom. The van der Waals surface area contributed by atoms with Crippen LogP contribution >= 0.6 is 0 Å². The lowest BCUT2D eigenvalue weighted by Crippen LogP contribution is -2.05. The van der Waals surface area contributed by atoms with E-state index in [1.54, 1.807) is 6.07 Å². The summed E-state index contributed by atoms with van der Waals surface area (Å²) in [4.78, 5) is 11.3. The maximum absolute atomic E-state index is 11.3. The molecular formula is C12H14N2O. The molecule has 0 radical (unpaired) electrons. The van der Waals surface area contributed by atoms with Gasteiger partial charge >= 0.3 is 0 Å². The van der Waals surface area contributed by atoms with Gasteiger partial charge in [-0.3, -0.25) is 14.6 Å². The van der Waals surface area contributed by atoms with Gasteiger partial charge < -0.3 is 0 Å². The molecule has 0 saturated carbocycles. The van der Waals surface area contributed by atoms with E-state index in [4.69, 9.17) is 0 Å². The van der Waals surface area contributed by atoms with Crippen molar-refractivity contribution in [3.63, 3.8) is 0 Å². The summed E-state index contributed by atoms with van der Waals surface area (Å²) in [5.41, 5.74) is 3.15. The Kier molecular flexibility index (Phi) is 2.46. The fraction of sp³-hybridized carbons (Fsp3) is 0.250. The topological polar surface area (TPSA) is 37.8 Å². The van der Waals surface area contributed by atoms with Gasteiger partial charge in [-0.1, -0.05) is 19.1 Å². The van der Waals surface area contributed by atoms with Gasteiger partial charge in [-0.25, -0.2) is 0 Å². The summed E-state index contributed by atoms with van der Waals surface area (Å²) in [6, 6.07) is 9.71. The van der Waals surface area contributed by atoms with E-state index in [1.165, 1.54) is 5.56 Å². The minimum Gasteiger partial charge on any atom is -0.268 e. The van der Waals surface area contributed by atoms with E-state index in [0.29, 0.717) is 0 Å². The highest BCUT2D eigenvalue weighted by Gasteiger charge is 2.04. The minimum absolute atomic E-state index is 0.0478. The fourth-order valence-corrected chi connectivity index (χ4v) is 1.69. The lowest BCUT2D eigenvalue weighted by molar-refractivity contribution is 0.804. The Labute approximate surface area is 88.4 Å². The van der Waals surface area contributed by atoms with Crippen LogP contribution in [0.5, 0.6) is 0 Å². The van der Waals surface area contributed by atoms with Crippen molar-refractivity contribution in [2.45, 2.75) is 20.3 Å². The molecule has 0 unspecified atom stereocenters. The molecule has 0 saturated heterocycles. The van der Waals surface area contributed by atoms with Crippen LogP contribution in [0.3, 0.4) is 0 Å². The van der Waals surface area contributed by atoms with Gasteiger partial charge in [-0.15, -0.1) is 0 Å². The monoisotopic (exact) mass is 202 g/mol. The number of nitrogens with zero attached hydrogens (tertiary/aromatic N) is 1. The van der Waals surface area contributed by atoms with Gasteiger partial charge in [-0.2, -0.15) is 0 Å². The quantitative estimate of drug-likeness (QED) is 0.795. The van der Waals surface area contributed by atoms with Crippen LogP contribution in [0.4, 0.5) is 0 Å². The van der Waals surface area contributed by atoms with Crippen molar-refractivity contribution in [1.82, 2.24) is 9.78 Å². The number of benzene rings is 1. The van der Waals surface area contributed by atoms with E-state index in [0.717, 1.165) is 17.8 Å². The summed E-state index contributed by atoms with van der Waals surface area (Å²) in [6.45, 7) is 4.08. The Morgan fingerprint density at radius 2 is 2.13 bits per heavy atom. The molecule has 2 aromatic rings. The third-order valence-electron chi connectivity index (χ3n) is 2.43. The molecule has 0 aliphatic rings. The smallest absolute Gasteiger partial charge is 0.264 e. The summed E-state index contributed by atoms with van der Waals surface area (Å²) in [5.74, 6) is 0. The zero-order valence-electron chi connectivity index (χ0n) is 8.95. The zero-order valence-corrected chi connectivity index (χ0v) is 8.95. The molecule has 1 N–H and O–H groups in total. The molecule has 1 heterocycles. The van der Waals surface area contributed by atoms with Gasteiger partial charge in [0, 0.05) is 11.8 Å². The van der Waals surface area contributed by atoms with Crippen LogP contribution in [-0.2, 0) is 6.42 Å². The summed E-state index contributed by atoms with van der Waals surface area (Å²) in [7, 11) is 0. The molecule has 1 aromatic carbocycles. The first-order chi connectivity index (χ1) is 7.20. The fourth-order valence-electron chi connectivity index (χ4n) is 1.69. The number of hydrogen-bond donors (Lipinski definition) is 1. The maximum Gasteiger partial charge on any atom is 0.264 e. The highest BCUT2D eigenvalue weighted by molar-refractivity contribution is 5.36. The van der Waals surface area contributed by atoms with Crippen LogP contribution in [0, 0.1) is 6.92 Å². The van der Waals surface area contributed by atoms with E-state index < -0.39 is 0 Å². The number of hydrogen-bond acceptors (Lipinski definition) is 1. The molecule has 0 aliphatic heterocycles. The van der Waals surface area contributed by atoms with Crippen LogP contribution < -0.4 is 5.56 Å². The molecule has 0 fully saturated rings. The molecule has 3 nitrogen and oxygen atoms in total. The summed E-state index contributed by atoms with van der Waals surface area (Å²) in [6.07, 6.45) is 0.840. The van der Waals surface area contributed by atoms with Crippen molar-refractivity contribution < 1.29 is 0 Å². The molecule has 3 heteroatoms. The molecule has 0 amide bonds. The summed E-state index contributed by atoms with van der Waals surface area (Å²) < 4.78 is 1.84. The molecule has 78 valence electrons. The summed E-state index contributed by atoms with van der Waals surface area (Å²) in [5, 5.41) is 2.80. The zero-order chi connectivity index (χ0) is 10.8. The van der Waals surface area contributed by atoms with E-state index in [1.807, 2.05) is 36.7 Å². The molecule has 0 atom stereocenters. The summed E-state index contributed by atoms with van der Waals surface area (Å²) >= 11 is 0. The van der Waals surface area contributed by atoms with Crippen LogP contribution in [0.2, 0.25) is 0 Å². The normalized spacial score (nSPS) is 10.5. The Morgan fingerprint density at radius 1 is 1.33 bits per heavy atom. The Hall–Kier alpha value is -1.77. The second-order valence-electron chi connectivity index (χ2n) is 3.64. The van der Waals surface area contributed by atoms with Crippen LogP contribution in [0.15, 0.2) is 35.1 Å². The number of nitrogens with one attached hydrogen (secondary N) is 1. The number of rotatable bonds is 2. The van der Waals surface area contributed by atoms with E-state index in [9.17, 15) is 4.79 Å². The number of H-pyrrole nitrogens is 1. The Bertz CT molecular complexity index is 522. The number of aromatic amines is 1. The van der Waals surface area contributed by atoms with Crippen LogP contribution in [-0.4, -0.2) is 9.78 Å². The van der Waals surface area contributed by atoms with Crippen LogP contribution in [0.1, 0.15) is 18.2 Å². The molecule has 1 aromatic heterocycles. The van der Waals surface area contributed by atoms with Crippen molar-refractivity contribution in [3.05, 3.63) is 51.9 Å². The average molecular weight is 202 g/mol. The lowest BCUT2D eigenvalue weighted by Gasteiger charge is -2.07. The minimum atomic E-state index is -0.0478. The standard InChI is InChI=1S/C12H14N2O/c1-3-10-8-12(15)13-14(10)11-6-4-5-9(2)7-11/h4-8H,3H2,1-2H3,(H,13,15). The highest BCUT2D eigenvalue weighted by Crippen LogP contribution is 2.10. The third-order valence-corrected chi connectivity index (χ3v) is 2.43. The molecule has 0 spiro atoms. The molecular weight excluding hydrogens is 188 g/mol. The molecule has 2 rings (SSSR count). The van der Waals surface area contributed by atoms with Gasteiger partial charge in [0.2, 0.25) is 0 Å². The SMILES string of the molecule is CCc1cc(=O)[nH]n1-c1cccc(C)c1. The van der Waals surface area contributed by atoms with Gasteiger partial charge in [0.05, 0.1) is 5.69 Å². The number of aryl methyl sites for hydroxylation is 2. The first-order valence-electron chi connectivity index (χ1n) is 5.08. The Balaban J connectivity index is 2.57. The van der Waals surface area contributed by atoms with E-state index >= 15 is 0 Å². The molecule has 0 bridgehead atoms. The van der Waals surface area contributed by atoms with E-state index in [-0.39, 0.29) is 5.56 Å². The van der Waals surface area contributed by atoms with Crippen molar-refractivity contribution >= 4 is 0 Å². The van der Waals surface area contributed by atoms with Crippen molar-refractivity contribution in [3.8, 4) is 5.69 Å². The predicted molar refractivity (Wildman–Crippen MR) is 60.5 cm³/mol.